The summed E-state index contributed by atoms with van der Waals surface area (Å²) in [5.41, 5.74) is 10.7. The molecule has 5 rings (SSSR count). The Balaban J connectivity index is 0.000000322. The first kappa shape index (κ1) is 48.3. The van der Waals surface area contributed by atoms with Crippen molar-refractivity contribution in [3.8, 4) is 0 Å². The largest absolute Gasteiger partial charge is 0.313 e. The van der Waals surface area contributed by atoms with Crippen LogP contribution >= 0.6 is 23.1 Å². The zero-order valence-electron chi connectivity index (χ0n) is 34.0. The maximum atomic E-state index is 11.4. The van der Waals surface area contributed by atoms with Crippen LogP contribution in [0.3, 0.4) is 0 Å². The predicted molar refractivity (Wildman–Crippen MR) is 243 cm³/mol. The van der Waals surface area contributed by atoms with Gasteiger partial charge in [0.15, 0.2) is 0 Å². The van der Waals surface area contributed by atoms with Crippen molar-refractivity contribution in [1.82, 2.24) is 21.6 Å². The van der Waals surface area contributed by atoms with Crippen LogP contribution < -0.4 is 21.6 Å². The number of hydrogen-bond acceptors (Lipinski definition) is 8. The van der Waals surface area contributed by atoms with E-state index in [1.54, 1.807) is 34.9 Å². The molecule has 3 aromatic rings. The number of hydroxylamine groups is 2. The van der Waals surface area contributed by atoms with Gasteiger partial charge in [0.1, 0.15) is 0 Å². The number of benzene rings is 2. The third-order valence-electron chi connectivity index (χ3n) is 8.13. The summed E-state index contributed by atoms with van der Waals surface area (Å²) in [6.45, 7) is 11.9. The number of allylic oxidation sites excluding steroid dienone is 12. The fourth-order valence-electron chi connectivity index (χ4n) is 5.20. The topological polar surface area (TPSA) is 123 Å². The first-order chi connectivity index (χ1) is 27.9. The highest BCUT2D eigenvalue weighted by Crippen LogP contribution is 2.28. The normalized spacial score (nSPS) is 13.2. The van der Waals surface area contributed by atoms with E-state index in [1.165, 1.54) is 39.7 Å². The van der Waals surface area contributed by atoms with Crippen LogP contribution in [0.5, 0.6) is 0 Å². The predicted octanol–water partition coefficient (Wildman–Crippen LogP) is 10.4. The van der Waals surface area contributed by atoms with Gasteiger partial charge in [0.2, 0.25) is 0 Å². The minimum absolute atomic E-state index is 0.468. The molecule has 0 bridgehead atoms. The van der Waals surface area contributed by atoms with E-state index in [2.05, 4.69) is 128 Å². The maximum absolute atomic E-state index is 11.4. The van der Waals surface area contributed by atoms with Gasteiger partial charge >= 0.3 is 0 Å². The summed E-state index contributed by atoms with van der Waals surface area (Å²) in [5, 5.41) is 24.0. The molecule has 0 spiro atoms. The van der Waals surface area contributed by atoms with Crippen LogP contribution in [-0.2, 0) is 17.8 Å². The molecular formula is C47H60N4O4S2. The zero-order valence-corrected chi connectivity index (χ0v) is 35.6. The molecule has 0 unspecified atom stereocenters. The Kier molecular flexibility index (Phi) is 25.7. The SMILES string of the molecule is CC.CC1=CC=CC=CC1.CCCNCC1=CCC=CC(c2ccc(C(=O)NO)s2)=C1.CS/C(=C\C=C\C(=O)NO)c1ccc(CNCCc2ccccc2)cc1. The molecular weight excluding hydrogens is 749 g/mol. The van der Waals surface area contributed by atoms with Gasteiger partial charge in [-0.25, -0.2) is 11.0 Å². The molecule has 304 valence electrons. The van der Waals surface area contributed by atoms with Crippen molar-refractivity contribution in [3.63, 3.8) is 0 Å². The lowest BCUT2D eigenvalue weighted by atomic mass is 10.1. The van der Waals surface area contributed by atoms with Crippen molar-refractivity contribution >= 4 is 45.4 Å². The summed E-state index contributed by atoms with van der Waals surface area (Å²) in [6, 6.07) is 22.5. The van der Waals surface area contributed by atoms with E-state index >= 15 is 0 Å². The van der Waals surface area contributed by atoms with E-state index in [9.17, 15) is 9.59 Å². The van der Waals surface area contributed by atoms with Crippen molar-refractivity contribution in [1.29, 1.82) is 0 Å². The molecule has 1 heterocycles. The Bertz CT molecular complexity index is 1870. The molecule has 2 aromatic carbocycles. The molecule has 0 radical (unpaired) electrons. The zero-order chi connectivity index (χ0) is 41.5. The van der Waals surface area contributed by atoms with Crippen LogP contribution in [0.2, 0.25) is 0 Å². The molecule has 2 aliphatic rings. The second-order valence-electron chi connectivity index (χ2n) is 12.5. The van der Waals surface area contributed by atoms with E-state index in [4.69, 9.17) is 10.4 Å². The fraction of sp³-hybridized carbons (Fsp3) is 0.277. The van der Waals surface area contributed by atoms with Gasteiger partial charge in [0.25, 0.3) is 11.8 Å². The van der Waals surface area contributed by atoms with Crippen LogP contribution in [-0.4, -0.2) is 48.1 Å². The molecule has 0 atom stereocenters. The minimum atomic E-state index is -0.543. The monoisotopic (exact) mass is 808 g/mol. The average Bonchev–Trinajstić information content (AvgIpc) is 3.46. The Morgan fingerprint density at radius 2 is 1.61 bits per heavy atom. The Labute approximate surface area is 348 Å². The van der Waals surface area contributed by atoms with Gasteiger partial charge in [-0.15, -0.1) is 23.1 Å². The third-order valence-corrected chi connectivity index (χ3v) is 10.1. The Morgan fingerprint density at radius 3 is 2.32 bits per heavy atom. The summed E-state index contributed by atoms with van der Waals surface area (Å²) < 4.78 is 0. The quantitative estimate of drug-likeness (QED) is 0.0297. The summed E-state index contributed by atoms with van der Waals surface area (Å²) in [7, 11) is 0. The summed E-state index contributed by atoms with van der Waals surface area (Å²) >= 11 is 2.98. The van der Waals surface area contributed by atoms with E-state index in [0.717, 1.165) is 72.8 Å². The highest BCUT2D eigenvalue weighted by molar-refractivity contribution is 8.07. The van der Waals surface area contributed by atoms with Gasteiger partial charge in [0.05, 0.1) is 4.88 Å². The van der Waals surface area contributed by atoms with Crippen LogP contribution in [0.4, 0.5) is 0 Å². The van der Waals surface area contributed by atoms with Crippen molar-refractivity contribution < 1.29 is 20.0 Å². The number of nitrogens with one attached hydrogen (secondary N) is 4. The lowest BCUT2D eigenvalue weighted by Gasteiger charge is -2.08. The highest BCUT2D eigenvalue weighted by atomic mass is 32.2. The van der Waals surface area contributed by atoms with Crippen molar-refractivity contribution in [2.45, 2.75) is 59.9 Å². The maximum Gasteiger partial charge on any atom is 0.284 e. The molecule has 10 heteroatoms. The molecule has 0 saturated carbocycles. The van der Waals surface area contributed by atoms with Gasteiger partial charge in [0, 0.05) is 28.9 Å². The van der Waals surface area contributed by atoms with E-state index in [1.807, 2.05) is 38.3 Å². The standard InChI is InChI=1S/C21H24N2O2S.C16H20N2O2S.C8H10.C2H6/c1-26-20(8-5-9-21(24)23-25)19-12-10-18(11-13-19)16-22-15-14-17-6-3-2-4-7-17;1-2-9-17-11-12-5-3-4-6-13(10-12)14-7-8-15(21-14)16(19)18-20;1-8-6-4-2-3-5-7-8;1-2/h2-13,22,25H,14-16H2,1H3,(H,23,24);4-8,10,17,20H,2-3,9,11H2,1H3,(H,18,19);2-6H,7H2,1H3;1-2H3/b9-5+,20-8-;;;. The molecule has 2 amide bonds. The van der Waals surface area contributed by atoms with E-state index < -0.39 is 11.8 Å². The molecule has 0 aliphatic heterocycles. The number of hydrogen-bond donors (Lipinski definition) is 6. The molecule has 8 nitrogen and oxygen atoms in total. The van der Waals surface area contributed by atoms with Crippen LogP contribution in [0.25, 0.3) is 10.5 Å². The van der Waals surface area contributed by atoms with Gasteiger partial charge in [-0.3, -0.25) is 20.0 Å². The highest BCUT2D eigenvalue weighted by Gasteiger charge is 2.11. The van der Waals surface area contributed by atoms with Crippen molar-refractivity contribution in [2.75, 3.05) is 25.9 Å². The fourth-order valence-corrected chi connectivity index (χ4v) is 6.68. The number of thioether (sulfide) groups is 1. The van der Waals surface area contributed by atoms with E-state index in [-0.39, 0.29) is 0 Å². The van der Waals surface area contributed by atoms with E-state index in [0.29, 0.717) is 4.88 Å². The summed E-state index contributed by atoms with van der Waals surface area (Å²) in [4.78, 5) is 25.0. The first-order valence-electron chi connectivity index (χ1n) is 19.4. The summed E-state index contributed by atoms with van der Waals surface area (Å²) in [6.07, 6.45) is 30.0. The molecule has 1 aromatic heterocycles. The molecule has 57 heavy (non-hydrogen) atoms. The number of amides is 2. The second-order valence-corrected chi connectivity index (χ2v) is 14.4. The molecule has 6 N–H and O–H groups in total. The van der Waals surface area contributed by atoms with Gasteiger partial charge in [-0.1, -0.05) is 136 Å². The lowest BCUT2D eigenvalue weighted by molar-refractivity contribution is -0.124. The first-order valence-corrected chi connectivity index (χ1v) is 21.4. The van der Waals surface area contributed by atoms with Crippen molar-refractivity contribution in [3.05, 3.63) is 177 Å². The summed E-state index contributed by atoms with van der Waals surface area (Å²) in [5.74, 6) is -1.01. The molecule has 2 aliphatic carbocycles. The number of carbonyl (C=O) groups excluding carboxylic acids is 2. The third kappa shape index (κ3) is 20.3. The van der Waals surface area contributed by atoms with Gasteiger partial charge in [-0.2, -0.15) is 0 Å². The van der Waals surface area contributed by atoms with Gasteiger partial charge < -0.3 is 10.6 Å². The smallest absolute Gasteiger partial charge is 0.284 e. The Morgan fingerprint density at radius 1 is 0.860 bits per heavy atom. The molecule has 0 saturated heterocycles. The van der Waals surface area contributed by atoms with Crippen LogP contribution in [0, 0.1) is 0 Å². The van der Waals surface area contributed by atoms with Crippen LogP contribution in [0.1, 0.15) is 78.2 Å². The number of carbonyl (C=O) groups is 2. The number of rotatable bonds is 15. The lowest BCUT2D eigenvalue weighted by Crippen LogP contribution is -2.17. The minimum Gasteiger partial charge on any atom is -0.313 e. The van der Waals surface area contributed by atoms with Crippen molar-refractivity contribution in [2.24, 2.45) is 0 Å². The molecule has 0 fully saturated rings. The van der Waals surface area contributed by atoms with Gasteiger partial charge in [-0.05, 0) is 104 Å². The Hall–Kier alpha value is -4.81. The van der Waals surface area contributed by atoms with Crippen LogP contribution in [0.15, 0.2) is 151 Å². The second kappa shape index (κ2) is 30.3. The number of thiophene rings is 1. The average molecular weight is 809 g/mol.